The molecule has 1 aliphatic rings. The molecule has 0 unspecified atom stereocenters. The van der Waals surface area contributed by atoms with Gasteiger partial charge in [0, 0.05) is 28.2 Å². The first-order chi connectivity index (χ1) is 15.1. The van der Waals surface area contributed by atoms with Crippen molar-refractivity contribution in [3.8, 4) is 0 Å². The van der Waals surface area contributed by atoms with Crippen LogP contribution >= 0.6 is 11.6 Å². The topological polar surface area (TPSA) is 78.1 Å². The zero-order chi connectivity index (χ0) is 21.4. The maximum atomic E-state index is 12.8. The Balaban J connectivity index is 1.39. The van der Waals surface area contributed by atoms with Crippen molar-refractivity contribution in [2.45, 2.75) is 19.4 Å². The highest BCUT2D eigenvalue weighted by Crippen LogP contribution is 2.32. The molecule has 0 radical (unpaired) electrons. The lowest BCUT2D eigenvalue weighted by atomic mass is 9.99. The molecule has 7 heteroatoms. The van der Waals surface area contributed by atoms with Crippen molar-refractivity contribution in [2.75, 3.05) is 10.2 Å². The van der Waals surface area contributed by atoms with Gasteiger partial charge in [-0.05, 0) is 53.9 Å². The van der Waals surface area contributed by atoms with E-state index in [1.54, 1.807) is 4.90 Å². The van der Waals surface area contributed by atoms with Crippen molar-refractivity contribution in [1.82, 2.24) is 10.2 Å². The van der Waals surface area contributed by atoms with Crippen molar-refractivity contribution in [3.63, 3.8) is 0 Å². The number of benzene rings is 3. The maximum Gasteiger partial charge on any atom is 0.276 e. The largest absolute Gasteiger partial charge is 0.321 e. The number of para-hydroxylation sites is 1. The molecular weight excluding hydrogens is 412 g/mol. The van der Waals surface area contributed by atoms with Gasteiger partial charge in [-0.1, -0.05) is 41.9 Å². The molecule has 6 nitrogen and oxygen atoms in total. The molecule has 2 heterocycles. The molecule has 4 aromatic rings. The molecule has 154 valence electrons. The second-order valence-electron chi connectivity index (χ2n) is 7.52. The lowest BCUT2D eigenvalue weighted by molar-refractivity contribution is -0.119. The van der Waals surface area contributed by atoms with Gasteiger partial charge in [-0.2, -0.15) is 5.10 Å². The van der Waals surface area contributed by atoms with E-state index in [0.717, 1.165) is 27.7 Å². The fourth-order valence-electron chi connectivity index (χ4n) is 3.91. The van der Waals surface area contributed by atoms with Crippen LogP contribution < -0.4 is 10.2 Å². The molecule has 0 spiro atoms. The lowest BCUT2D eigenvalue weighted by Crippen LogP contribution is -2.34. The van der Waals surface area contributed by atoms with Crippen LogP contribution in [0, 0.1) is 0 Å². The third kappa shape index (κ3) is 3.78. The Morgan fingerprint density at radius 2 is 1.87 bits per heavy atom. The molecule has 1 aliphatic heterocycles. The highest BCUT2D eigenvalue weighted by Gasteiger charge is 2.25. The van der Waals surface area contributed by atoms with Crippen LogP contribution in [0.15, 0.2) is 66.7 Å². The second-order valence-corrected chi connectivity index (χ2v) is 7.96. The van der Waals surface area contributed by atoms with E-state index in [2.05, 4.69) is 15.5 Å². The van der Waals surface area contributed by atoms with Crippen molar-refractivity contribution in [2.24, 2.45) is 0 Å². The molecule has 31 heavy (non-hydrogen) atoms. The summed E-state index contributed by atoms with van der Waals surface area (Å²) in [5, 5.41) is 11.4. The van der Waals surface area contributed by atoms with Crippen LogP contribution in [0.5, 0.6) is 0 Å². The fraction of sp³-hybridized carbons (Fsp3) is 0.125. The summed E-state index contributed by atoms with van der Waals surface area (Å²) in [7, 11) is 0. The van der Waals surface area contributed by atoms with Gasteiger partial charge in [0.2, 0.25) is 5.91 Å². The smallest absolute Gasteiger partial charge is 0.276 e. The first kappa shape index (κ1) is 19.3. The highest BCUT2D eigenvalue weighted by atomic mass is 35.5. The Morgan fingerprint density at radius 3 is 2.71 bits per heavy atom. The zero-order valence-corrected chi connectivity index (χ0v) is 17.3. The predicted octanol–water partition coefficient (Wildman–Crippen LogP) is 4.95. The average Bonchev–Trinajstić information content (AvgIpc) is 3.21. The Hall–Kier alpha value is -3.64. The third-order valence-corrected chi connectivity index (χ3v) is 5.73. The van der Waals surface area contributed by atoms with Crippen molar-refractivity contribution < 1.29 is 9.59 Å². The standard InChI is InChI=1S/C24H19ClN4O2/c25-17-8-5-15(6-9-17)14-29-21-11-10-18(13-16(21)7-12-22(29)30)26-24(31)23-19-3-1-2-4-20(19)27-28-23/h1-6,8-11,13H,7,12,14H2,(H,26,31)(H,27,28). The number of aromatic amines is 1. The Morgan fingerprint density at radius 1 is 1.06 bits per heavy atom. The molecule has 0 saturated carbocycles. The minimum absolute atomic E-state index is 0.0854. The summed E-state index contributed by atoms with van der Waals surface area (Å²) >= 11 is 5.97. The molecule has 0 fully saturated rings. The first-order valence-corrected chi connectivity index (χ1v) is 10.4. The summed E-state index contributed by atoms with van der Waals surface area (Å²) in [6.45, 7) is 0.480. The molecule has 0 bridgehead atoms. The van der Waals surface area contributed by atoms with E-state index in [-0.39, 0.29) is 11.8 Å². The van der Waals surface area contributed by atoms with Crippen LogP contribution in [0.4, 0.5) is 11.4 Å². The molecule has 5 rings (SSSR count). The fourth-order valence-corrected chi connectivity index (χ4v) is 4.04. The number of aromatic nitrogens is 2. The SMILES string of the molecule is O=C(Nc1ccc2c(c1)CCC(=O)N2Cc1ccc(Cl)cc1)c1n[nH]c2ccccc12. The zero-order valence-electron chi connectivity index (χ0n) is 16.6. The number of nitrogens with zero attached hydrogens (tertiary/aromatic N) is 2. The van der Waals surface area contributed by atoms with Gasteiger partial charge in [0.1, 0.15) is 0 Å². The van der Waals surface area contributed by atoms with Gasteiger partial charge in [-0.15, -0.1) is 0 Å². The van der Waals surface area contributed by atoms with E-state index in [9.17, 15) is 9.59 Å². The molecule has 0 aliphatic carbocycles. The molecule has 0 saturated heterocycles. The van der Waals surface area contributed by atoms with E-state index >= 15 is 0 Å². The number of nitrogens with one attached hydrogen (secondary N) is 2. The monoisotopic (exact) mass is 430 g/mol. The van der Waals surface area contributed by atoms with E-state index in [1.165, 1.54) is 0 Å². The normalized spacial score (nSPS) is 13.3. The summed E-state index contributed by atoms with van der Waals surface area (Å²) in [5.74, 6) is -0.190. The van der Waals surface area contributed by atoms with Gasteiger partial charge in [0.25, 0.3) is 5.91 Å². The summed E-state index contributed by atoms with van der Waals surface area (Å²) in [4.78, 5) is 27.1. The highest BCUT2D eigenvalue weighted by molar-refractivity contribution is 6.30. The van der Waals surface area contributed by atoms with Gasteiger partial charge in [-0.3, -0.25) is 14.7 Å². The van der Waals surface area contributed by atoms with Gasteiger partial charge in [-0.25, -0.2) is 0 Å². The number of aryl methyl sites for hydroxylation is 1. The molecule has 0 atom stereocenters. The Labute approximate surface area is 183 Å². The molecule has 2 amide bonds. The number of amides is 2. The summed E-state index contributed by atoms with van der Waals surface area (Å²) < 4.78 is 0. The van der Waals surface area contributed by atoms with Crippen LogP contribution in [-0.4, -0.2) is 22.0 Å². The van der Waals surface area contributed by atoms with Crippen molar-refractivity contribution in [3.05, 3.63) is 88.6 Å². The van der Waals surface area contributed by atoms with Gasteiger partial charge in [0.15, 0.2) is 5.69 Å². The Bertz CT molecular complexity index is 1300. The number of hydrogen-bond acceptors (Lipinski definition) is 3. The number of rotatable bonds is 4. The van der Waals surface area contributed by atoms with Crippen LogP contribution in [0.3, 0.4) is 0 Å². The Kier molecular flexibility index (Phi) is 4.92. The van der Waals surface area contributed by atoms with E-state index in [1.807, 2.05) is 66.7 Å². The van der Waals surface area contributed by atoms with Gasteiger partial charge in [0.05, 0.1) is 12.1 Å². The van der Waals surface area contributed by atoms with E-state index < -0.39 is 0 Å². The second kappa shape index (κ2) is 7.89. The van der Waals surface area contributed by atoms with Gasteiger partial charge < -0.3 is 10.2 Å². The summed E-state index contributed by atoms with van der Waals surface area (Å²) in [6.07, 6.45) is 1.07. The van der Waals surface area contributed by atoms with Crippen LogP contribution in [-0.2, 0) is 17.8 Å². The molecule has 2 N–H and O–H groups in total. The quantitative estimate of drug-likeness (QED) is 0.481. The maximum absolute atomic E-state index is 12.8. The number of hydrogen-bond donors (Lipinski definition) is 2. The van der Waals surface area contributed by atoms with Crippen LogP contribution in [0.1, 0.15) is 28.0 Å². The predicted molar refractivity (Wildman–Crippen MR) is 121 cm³/mol. The minimum Gasteiger partial charge on any atom is -0.321 e. The number of fused-ring (bicyclic) bond motifs is 2. The number of carbonyl (C=O) groups excluding carboxylic acids is 2. The van der Waals surface area contributed by atoms with Crippen molar-refractivity contribution >= 4 is 45.7 Å². The number of H-pyrrole nitrogens is 1. The van der Waals surface area contributed by atoms with Crippen molar-refractivity contribution in [1.29, 1.82) is 0 Å². The van der Waals surface area contributed by atoms with Crippen LogP contribution in [0.2, 0.25) is 5.02 Å². The third-order valence-electron chi connectivity index (χ3n) is 5.48. The van der Waals surface area contributed by atoms with Gasteiger partial charge >= 0.3 is 0 Å². The summed E-state index contributed by atoms with van der Waals surface area (Å²) in [6, 6.07) is 20.6. The van der Waals surface area contributed by atoms with Crippen LogP contribution in [0.25, 0.3) is 10.9 Å². The molecule has 1 aromatic heterocycles. The number of carbonyl (C=O) groups is 2. The molecule has 3 aromatic carbocycles. The van der Waals surface area contributed by atoms with E-state index in [0.29, 0.717) is 35.8 Å². The number of halogens is 1. The minimum atomic E-state index is -0.276. The lowest BCUT2D eigenvalue weighted by Gasteiger charge is -2.30. The first-order valence-electron chi connectivity index (χ1n) is 10.0. The van der Waals surface area contributed by atoms with E-state index in [4.69, 9.17) is 11.6 Å². The number of anilines is 2. The summed E-state index contributed by atoms with van der Waals surface area (Å²) in [5.41, 5.74) is 4.75. The molecular formula is C24H19ClN4O2. The average molecular weight is 431 g/mol.